The molecule has 0 fully saturated rings. The van der Waals surface area contributed by atoms with Crippen molar-refractivity contribution in [2.45, 2.75) is 12.5 Å². The first kappa shape index (κ1) is 11.1. The molecule has 0 saturated heterocycles. The molecule has 2 atom stereocenters. The quantitative estimate of drug-likeness (QED) is 0.366. The maximum Gasteiger partial charge on any atom is 0.140 e. The summed E-state index contributed by atoms with van der Waals surface area (Å²) in [5.41, 5.74) is 0. The second kappa shape index (κ2) is 4.91. The van der Waals surface area contributed by atoms with Gasteiger partial charge in [0.05, 0.1) is 7.05 Å². The zero-order valence-corrected chi connectivity index (χ0v) is 7.74. The summed E-state index contributed by atoms with van der Waals surface area (Å²) in [7, 11) is 1.73. The van der Waals surface area contributed by atoms with Gasteiger partial charge in [-0.05, 0) is 12.2 Å². The van der Waals surface area contributed by atoms with E-state index in [0.717, 1.165) is 6.42 Å². The SMILES string of the molecule is C=CCC(C=C)[N+](C)(O)CC=C. The van der Waals surface area contributed by atoms with Crippen LogP contribution in [0.15, 0.2) is 38.0 Å². The summed E-state index contributed by atoms with van der Waals surface area (Å²) < 4.78 is -0.0982. The topological polar surface area (TPSA) is 20.2 Å². The molecule has 2 unspecified atom stereocenters. The summed E-state index contributed by atoms with van der Waals surface area (Å²) in [5.74, 6) is 0. The van der Waals surface area contributed by atoms with E-state index in [-0.39, 0.29) is 10.7 Å². The van der Waals surface area contributed by atoms with Gasteiger partial charge in [-0.2, -0.15) is 4.65 Å². The van der Waals surface area contributed by atoms with E-state index in [1.165, 1.54) is 0 Å². The van der Waals surface area contributed by atoms with Crippen LogP contribution in [-0.4, -0.2) is 29.5 Å². The number of likely N-dealkylation sites (N-methyl/N-ethyl adjacent to an activating group) is 1. The van der Waals surface area contributed by atoms with Crippen molar-refractivity contribution >= 4 is 0 Å². The van der Waals surface area contributed by atoms with E-state index >= 15 is 0 Å². The maximum absolute atomic E-state index is 9.85. The first-order chi connectivity index (χ1) is 5.58. The van der Waals surface area contributed by atoms with Crippen LogP contribution in [0.3, 0.4) is 0 Å². The first-order valence-electron chi connectivity index (χ1n) is 4.00. The lowest BCUT2D eigenvalue weighted by Crippen LogP contribution is -2.48. The molecular formula is C10H18NO+. The standard InChI is InChI=1S/C10H18NO/c1-5-8-10(7-3)11(4,12)9-6-2/h5-7,10,12H,1-3,8-9H2,4H3/q+1. The van der Waals surface area contributed by atoms with Crippen molar-refractivity contribution in [3.8, 4) is 0 Å². The smallest absolute Gasteiger partial charge is 0.140 e. The van der Waals surface area contributed by atoms with Crippen molar-refractivity contribution in [2.75, 3.05) is 13.6 Å². The second-order valence-corrected chi connectivity index (χ2v) is 3.01. The predicted molar refractivity (Wildman–Crippen MR) is 51.8 cm³/mol. The molecule has 0 aliphatic rings. The van der Waals surface area contributed by atoms with Crippen molar-refractivity contribution in [1.82, 2.24) is 0 Å². The second-order valence-electron chi connectivity index (χ2n) is 3.01. The fourth-order valence-corrected chi connectivity index (χ4v) is 1.12. The van der Waals surface area contributed by atoms with Gasteiger partial charge < -0.3 is 0 Å². The van der Waals surface area contributed by atoms with E-state index < -0.39 is 0 Å². The minimum Gasteiger partial charge on any atom is -0.216 e. The lowest BCUT2D eigenvalue weighted by atomic mass is 10.1. The Morgan fingerprint density at radius 2 is 1.92 bits per heavy atom. The van der Waals surface area contributed by atoms with Gasteiger partial charge in [0.1, 0.15) is 12.6 Å². The molecule has 0 aliphatic heterocycles. The summed E-state index contributed by atoms with van der Waals surface area (Å²) in [5, 5.41) is 9.85. The van der Waals surface area contributed by atoms with Gasteiger partial charge in [-0.25, -0.2) is 5.21 Å². The Balaban J connectivity index is 4.33. The number of rotatable bonds is 6. The fraction of sp³-hybridized carbons (Fsp3) is 0.400. The van der Waals surface area contributed by atoms with Crippen molar-refractivity contribution in [3.05, 3.63) is 38.0 Å². The fourth-order valence-electron chi connectivity index (χ4n) is 1.12. The van der Waals surface area contributed by atoms with Gasteiger partial charge in [-0.1, -0.05) is 19.2 Å². The number of nitrogens with zero attached hydrogens (tertiary/aromatic N) is 1. The lowest BCUT2D eigenvalue weighted by molar-refractivity contribution is -1.10. The van der Waals surface area contributed by atoms with Crippen LogP contribution in [0.5, 0.6) is 0 Å². The largest absolute Gasteiger partial charge is 0.216 e. The summed E-state index contributed by atoms with van der Waals surface area (Å²) in [6, 6.07) is 0.000463. The molecule has 0 aliphatic carbocycles. The summed E-state index contributed by atoms with van der Waals surface area (Å²) in [6.45, 7) is 11.4. The highest BCUT2D eigenvalue weighted by molar-refractivity contribution is 4.86. The van der Waals surface area contributed by atoms with Crippen LogP contribution in [0.4, 0.5) is 0 Å². The van der Waals surface area contributed by atoms with E-state index in [1.807, 2.05) is 0 Å². The molecule has 0 amide bonds. The summed E-state index contributed by atoms with van der Waals surface area (Å²) >= 11 is 0. The van der Waals surface area contributed by atoms with Gasteiger partial charge in [-0.15, -0.1) is 6.58 Å². The Labute approximate surface area is 74.7 Å². The average molecular weight is 168 g/mol. The van der Waals surface area contributed by atoms with Gasteiger partial charge >= 0.3 is 0 Å². The molecule has 2 nitrogen and oxygen atoms in total. The zero-order chi connectivity index (χ0) is 9.61. The van der Waals surface area contributed by atoms with Gasteiger partial charge in [0.25, 0.3) is 0 Å². The maximum atomic E-state index is 9.85. The van der Waals surface area contributed by atoms with Crippen LogP contribution in [-0.2, 0) is 0 Å². The number of quaternary nitrogens is 1. The van der Waals surface area contributed by atoms with Crippen molar-refractivity contribution in [3.63, 3.8) is 0 Å². The van der Waals surface area contributed by atoms with E-state index in [0.29, 0.717) is 6.54 Å². The molecule has 0 bridgehead atoms. The molecule has 0 aromatic heterocycles. The Hall–Kier alpha value is -0.860. The molecule has 0 spiro atoms. The monoisotopic (exact) mass is 168 g/mol. The van der Waals surface area contributed by atoms with Crippen LogP contribution in [0.25, 0.3) is 0 Å². The Kier molecular flexibility index (Phi) is 4.55. The minimum absolute atomic E-state index is 0.000463. The average Bonchev–Trinajstić information content (AvgIpc) is 1.99. The Bertz CT molecular complexity index is 173. The third-order valence-electron chi connectivity index (χ3n) is 1.89. The molecule has 12 heavy (non-hydrogen) atoms. The number of hydrogen-bond acceptors (Lipinski definition) is 1. The van der Waals surface area contributed by atoms with Crippen LogP contribution in [0.1, 0.15) is 6.42 Å². The van der Waals surface area contributed by atoms with E-state index in [4.69, 9.17) is 0 Å². The normalized spacial score (nSPS) is 17.5. The highest BCUT2D eigenvalue weighted by Crippen LogP contribution is 2.11. The predicted octanol–water partition coefficient (Wildman–Crippen LogP) is 2.14. The molecule has 1 N–H and O–H groups in total. The molecule has 0 aromatic carbocycles. The third-order valence-corrected chi connectivity index (χ3v) is 1.89. The van der Waals surface area contributed by atoms with Crippen LogP contribution in [0, 0.1) is 0 Å². The van der Waals surface area contributed by atoms with Crippen LogP contribution in [0.2, 0.25) is 0 Å². The number of hydroxylamine groups is 3. The van der Waals surface area contributed by atoms with E-state index in [2.05, 4.69) is 19.7 Å². The summed E-state index contributed by atoms with van der Waals surface area (Å²) in [4.78, 5) is 0. The lowest BCUT2D eigenvalue weighted by Gasteiger charge is -2.30. The van der Waals surface area contributed by atoms with Gasteiger partial charge in [0.15, 0.2) is 0 Å². The molecule has 68 valence electrons. The molecule has 0 aromatic rings. The van der Waals surface area contributed by atoms with Gasteiger partial charge in [-0.3, -0.25) is 0 Å². The molecular weight excluding hydrogens is 150 g/mol. The van der Waals surface area contributed by atoms with Crippen molar-refractivity contribution < 1.29 is 9.85 Å². The van der Waals surface area contributed by atoms with E-state index in [1.54, 1.807) is 25.3 Å². The Morgan fingerprint density at radius 1 is 1.33 bits per heavy atom. The summed E-state index contributed by atoms with van der Waals surface area (Å²) in [6.07, 6.45) is 5.94. The zero-order valence-electron chi connectivity index (χ0n) is 7.74. The molecule has 0 radical (unpaired) electrons. The van der Waals surface area contributed by atoms with Crippen molar-refractivity contribution in [2.24, 2.45) is 0 Å². The molecule has 0 saturated carbocycles. The number of hydrogen-bond donors (Lipinski definition) is 1. The van der Waals surface area contributed by atoms with Gasteiger partial charge in [0.2, 0.25) is 0 Å². The molecule has 0 rings (SSSR count). The third kappa shape index (κ3) is 3.03. The van der Waals surface area contributed by atoms with Crippen LogP contribution < -0.4 is 0 Å². The highest BCUT2D eigenvalue weighted by Gasteiger charge is 2.26. The minimum atomic E-state index is -0.0982. The Morgan fingerprint density at radius 3 is 2.25 bits per heavy atom. The highest BCUT2D eigenvalue weighted by atomic mass is 16.5. The van der Waals surface area contributed by atoms with Crippen molar-refractivity contribution in [1.29, 1.82) is 0 Å². The molecule has 2 heteroatoms. The molecule has 0 heterocycles. The van der Waals surface area contributed by atoms with Gasteiger partial charge in [0, 0.05) is 6.42 Å². The van der Waals surface area contributed by atoms with E-state index in [9.17, 15) is 5.21 Å². The first-order valence-corrected chi connectivity index (χ1v) is 4.00. The van der Waals surface area contributed by atoms with Crippen LogP contribution >= 0.6 is 0 Å².